The Morgan fingerprint density at radius 3 is 2.39 bits per heavy atom. The lowest BCUT2D eigenvalue weighted by Crippen LogP contribution is -2.00. The van der Waals surface area contributed by atoms with E-state index in [9.17, 15) is 0 Å². The van der Waals surface area contributed by atoms with Crippen LogP contribution in [0.25, 0.3) is 32.9 Å². The summed E-state index contributed by atoms with van der Waals surface area (Å²) in [7, 11) is 0. The average molecular weight is 467 g/mol. The second kappa shape index (κ2) is 9.12. The molecule has 7 nitrogen and oxygen atoms in total. The number of benzene rings is 3. The van der Waals surface area contributed by atoms with E-state index in [0.717, 1.165) is 33.1 Å². The van der Waals surface area contributed by atoms with Crippen LogP contribution in [0.2, 0.25) is 0 Å². The molecule has 36 heavy (non-hydrogen) atoms. The van der Waals surface area contributed by atoms with E-state index in [2.05, 4.69) is 31.6 Å². The number of nitrogens with one attached hydrogen (secondary N) is 1. The van der Waals surface area contributed by atoms with Crippen LogP contribution in [0, 0.1) is 11.3 Å². The van der Waals surface area contributed by atoms with Crippen molar-refractivity contribution in [2.24, 2.45) is 0 Å². The van der Waals surface area contributed by atoms with Crippen LogP contribution in [0.4, 0.5) is 11.5 Å². The highest BCUT2D eigenvalue weighted by atomic mass is 16.5. The fourth-order valence-electron chi connectivity index (χ4n) is 4.05. The highest BCUT2D eigenvalue weighted by Gasteiger charge is 2.12. The summed E-state index contributed by atoms with van der Waals surface area (Å²) >= 11 is 0. The van der Waals surface area contributed by atoms with Crippen LogP contribution in [0.1, 0.15) is 5.56 Å². The van der Waals surface area contributed by atoms with Crippen molar-refractivity contribution in [3.05, 3.63) is 109 Å². The average Bonchev–Trinajstić information content (AvgIpc) is 2.94. The molecule has 6 aromatic rings. The van der Waals surface area contributed by atoms with Crippen molar-refractivity contribution >= 4 is 33.2 Å². The van der Waals surface area contributed by atoms with Crippen LogP contribution >= 0.6 is 0 Å². The predicted molar refractivity (Wildman–Crippen MR) is 139 cm³/mol. The zero-order valence-corrected chi connectivity index (χ0v) is 19.0. The number of hydrogen-bond acceptors (Lipinski definition) is 7. The van der Waals surface area contributed by atoms with Crippen molar-refractivity contribution in [2.45, 2.75) is 0 Å². The molecule has 0 spiro atoms. The molecule has 3 aromatic carbocycles. The number of rotatable bonds is 5. The summed E-state index contributed by atoms with van der Waals surface area (Å²) in [6.07, 6.45) is 3.34. The number of nitriles is 1. The van der Waals surface area contributed by atoms with Crippen LogP contribution in [-0.4, -0.2) is 20.2 Å². The minimum atomic E-state index is 0.438. The van der Waals surface area contributed by atoms with E-state index < -0.39 is 0 Å². The molecule has 0 aliphatic carbocycles. The van der Waals surface area contributed by atoms with Crippen LogP contribution in [0.15, 0.2) is 103 Å². The molecule has 3 aromatic heterocycles. The summed E-state index contributed by atoms with van der Waals surface area (Å²) in [5, 5.41) is 24.2. The topological polar surface area (TPSA) is 96.6 Å². The van der Waals surface area contributed by atoms with E-state index in [1.807, 2.05) is 66.7 Å². The van der Waals surface area contributed by atoms with Gasteiger partial charge in [-0.1, -0.05) is 54.6 Å². The maximum Gasteiger partial charge on any atom is 0.219 e. The molecule has 0 aliphatic heterocycles. The Bertz CT molecular complexity index is 1740. The van der Waals surface area contributed by atoms with Gasteiger partial charge in [0.15, 0.2) is 5.82 Å². The van der Waals surface area contributed by atoms with E-state index >= 15 is 0 Å². The molecule has 3 heterocycles. The van der Waals surface area contributed by atoms with Gasteiger partial charge in [0.1, 0.15) is 11.4 Å². The number of anilines is 2. The molecule has 0 bridgehead atoms. The van der Waals surface area contributed by atoms with E-state index in [0.29, 0.717) is 28.5 Å². The molecule has 0 fully saturated rings. The summed E-state index contributed by atoms with van der Waals surface area (Å²) in [5.74, 6) is 1.70. The number of pyridine rings is 2. The zero-order valence-electron chi connectivity index (χ0n) is 19.0. The molecule has 0 radical (unpaired) electrons. The number of hydrogen-bond donors (Lipinski definition) is 1. The lowest BCUT2D eigenvalue weighted by molar-refractivity contribution is 0.468. The summed E-state index contributed by atoms with van der Waals surface area (Å²) in [6, 6.07) is 30.9. The Morgan fingerprint density at radius 2 is 1.58 bits per heavy atom. The highest BCUT2D eigenvalue weighted by molar-refractivity contribution is 6.00. The second-order valence-corrected chi connectivity index (χ2v) is 8.07. The first-order valence-corrected chi connectivity index (χ1v) is 11.3. The molecule has 0 saturated heterocycles. The van der Waals surface area contributed by atoms with Crippen molar-refractivity contribution in [1.82, 2.24) is 20.2 Å². The van der Waals surface area contributed by atoms with E-state index in [1.54, 1.807) is 36.7 Å². The molecule has 0 atom stereocenters. The normalized spacial score (nSPS) is 10.8. The Morgan fingerprint density at radius 1 is 0.750 bits per heavy atom. The molecule has 0 aliphatic rings. The number of ether oxygens (including phenoxy) is 1. The Labute approximate surface area is 206 Å². The van der Waals surface area contributed by atoms with E-state index in [-0.39, 0.29) is 0 Å². The molecule has 170 valence electrons. The quantitative estimate of drug-likeness (QED) is 0.304. The van der Waals surface area contributed by atoms with Gasteiger partial charge < -0.3 is 10.1 Å². The van der Waals surface area contributed by atoms with Gasteiger partial charge in [0.05, 0.1) is 29.0 Å². The van der Waals surface area contributed by atoms with E-state index in [1.165, 1.54) is 0 Å². The molecule has 0 unspecified atom stereocenters. The fraction of sp³-hybridized carbons (Fsp3) is 0. The molecule has 6 rings (SSSR count). The number of fused-ring (bicyclic) bond motifs is 2. The minimum Gasteiger partial charge on any atom is -0.438 e. The molecule has 0 amide bonds. The third kappa shape index (κ3) is 4.04. The van der Waals surface area contributed by atoms with Gasteiger partial charge in [0.2, 0.25) is 5.88 Å². The van der Waals surface area contributed by atoms with Gasteiger partial charge >= 0.3 is 0 Å². The number of nitrogens with zero attached hydrogens (tertiary/aromatic N) is 5. The molecular weight excluding hydrogens is 448 g/mol. The maximum absolute atomic E-state index is 9.12. The fourth-order valence-corrected chi connectivity index (χ4v) is 4.05. The molecule has 0 saturated carbocycles. The van der Waals surface area contributed by atoms with Gasteiger partial charge in [-0.25, -0.2) is 4.98 Å². The second-order valence-electron chi connectivity index (χ2n) is 8.07. The monoisotopic (exact) mass is 466 g/mol. The smallest absolute Gasteiger partial charge is 0.219 e. The van der Waals surface area contributed by atoms with Gasteiger partial charge in [-0.15, -0.1) is 10.2 Å². The highest BCUT2D eigenvalue weighted by Crippen LogP contribution is 2.32. The molecular formula is C29H18N6O. The van der Waals surface area contributed by atoms with Gasteiger partial charge in [-0.2, -0.15) is 5.26 Å². The predicted octanol–water partition coefficient (Wildman–Crippen LogP) is 6.65. The first-order valence-electron chi connectivity index (χ1n) is 11.3. The first kappa shape index (κ1) is 21.2. The maximum atomic E-state index is 9.12. The Kier molecular flexibility index (Phi) is 5.37. The summed E-state index contributed by atoms with van der Waals surface area (Å²) in [4.78, 5) is 8.78. The van der Waals surface area contributed by atoms with Crippen LogP contribution in [0.3, 0.4) is 0 Å². The van der Waals surface area contributed by atoms with Crippen molar-refractivity contribution in [2.75, 3.05) is 5.32 Å². The zero-order chi connectivity index (χ0) is 24.3. The van der Waals surface area contributed by atoms with E-state index in [4.69, 9.17) is 10.00 Å². The molecule has 7 heteroatoms. The van der Waals surface area contributed by atoms with Crippen LogP contribution < -0.4 is 10.1 Å². The summed E-state index contributed by atoms with van der Waals surface area (Å²) in [6.45, 7) is 0. The third-order valence-corrected chi connectivity index (χ3v) is 5.78. The van der Waals surface area contributed by atoms with Crippen molar-refractivity contribution < 1.29 is 4.74 Å². The van der Waals surface area contributed by atoms with Gasteiger partial charge in [-0.05, 0) is 30.3 Å². The Hall–Kier alpha value is -5.35. The van der Waals surface area contributed by atoms with Crippen molar-refractivity contribution in [1.29, 1.82) is 5.26 Å². The first-order chi connectivity index (χ1) is 17.8. The minimum absolute atomic E-state index is 0.438. The SMILES string of the molecule is N#Cc1ccc2c(Oc3ccc(Nc4nnc(-c5ccccc5)c5ccccc45)cn3)ccnc2c1. The lowest BCUT2D eigenvalue weighted by atomic mass is 10.0. The van der Waals surface area contributed by atoms with Gasteiger partial charge in [0.25, 0.3) is 0 Å². The third-order valence-electron chi connectivity index (χ3n) is 5.78. The van der Waals surface area contributed by atoms with Crippen molar-refractivity contribution in [3.63, 3.8) is 0 Å². The van der Waals surface area contributed by atoms with Crippen LogP contribution in [0.5, 0.6) is 11.6 Å². The van der Waals surface area contributed by atoms with Crippen LogP contribution in [-0.2, 0) is 0 Å². The molecule has 1 N–H and O–H groups in total. The van der Waals surface area contributed by atoms with Gasteiger partial charge in [0, 0.05) is 34.0 Å². The summed E-state index contributed by atoms with van der Waals surface area (Å²) in [5.41, 5.74) is 3.85. The lowest BCUT2D eigenvalue weighted by Gasteiger charge is -2.12. The Balaban J connectivity index is 1.27. The van der Waals surface area contributed by atoms with Crippen molar-refractivity contribution in [3.8, 4) is 29.0 Å². The largest absolute Gasteiger partial charge is 0.438 e. The number of aromatic nitrogens is 4. The summed E-state index contributed by atoms with van der Waals surface area (Å²) < 4.78 is 6.02. The standard InChI is InChI=1S/C29H18N6O/c30-17-19-10-12-24-25(16-19)31-15-14-26(24)36-27-13-11-21(18-32-27)33-29-23-9-5-4-8-22(23)28(34-35-29)20-6-2-1-3-7-20/h1-16,18H,(H,33,35). The van der Waals surface area contributed by atoms with Gasteiger partial charge in [-0.3, -0.25) is 4.98 Å².